The summed E-state index contributed by atoms with van der Waals surface area (Å²) in [6, 6.07) is 10.4. The molecular weight excluding hydrogens is 294 g/mol. The molecule has 0 atom stereocenters. The van der Waals surface area contributed by atoms with Crippen LogP contribution in [-0.4, -0.2) is 29.3 Å². The van der Waals surface area contributed by atoms with Crippen LogP contribution in [0, 0.1) is 0 Å². The number of carbonyl (C=O) groups excluding carboxylic acids is 1. The molecule has 1 saturated carbocycles. The minimum Gasteiger partial charge on any atom is -0.496 e. The van der Waals surface area contributed by atoms with Crippen LogP contribution in [-0.2, 0) is 6.54 Å². The summed E-state index contributed by atoms with van der Waals surface area (Å²) >= 11 is 0. The maximum atomic E-state index is 12.2. The molecule has 0 bridgehead atoms. The predicted molar refractivity (Wildman–Crippen MR) is 85.8 cm³/mol. The lowest BCUT2D eigenvalue weighted by Gasteiger charge is -2.10. The fourth-order valence-corrected chi connectivity index (χ4v) is 2.42. The number of methoxy groups -OCH3 is 1. The van der Waals surface area contributed by atoms with Gasteiger partial charge in [0, 0.05) is 18.5 Å². The largest absolute Gasteiger partial charge is 0.496 e. The molecule has 23 heavy (non-hydrogen) atoms. The number of amides is 1. The van der Waals surface area contributed by atoms with Crippen LogP contribution in [0.2, 0.25) is 0 Å². The van der Waals surface area contributed by atoms with Crippen molar-refractivity contribution in [2.75, 3.05) is 13.7 Å². The Morgan fingerprint density at radius 3 is 2.83 bits per heavy atom. The van der Waals surface area contributed by atoms with Gasteiger partial charge < -0.3 is 10.1 Å². The van der Waals surface area contributed by atoms with Gasteiger partial charge in [0.25, 0.3) is 11.5 Å². The molecule has 0 spiro atoms. The summed E-state index contributed by atoms with van der Waals surface area (Å²) in [5.74, 6) is 0.787. The summed E-state index contributed by atoms with van der Waals surface area (Å²) < 4.78 is 6.58. The lowest BCUT2D eigenvalue weighted by atomic mass is 10.2. The SMILES string of the molecule is COc1ccccc1C(=O)NCCn1nc(C2CC2)ccc1=O. The number of nitrogens with one attached hydrogen (secondary N) is 1. The van der Waals surface area contributed by atoms with E-state index in [9.17, 15) is 9.59 Å². The van der Waals surface area contributed by atoms with Gasteiger partial charge in [-0.15, -0.1) is 0 Å². The van der Waals surface area contributed by atoms with Gasteiger partial charge in [-0.05, 0) is 31.0 Å². The molecule has 1 aromatic heterocycles. The van der Waals surface area contributed by atoms with Crippen molar-refractivity contribution in [1.82, 2.24) is 15.1 Å². The van der Waals surface area contributed by atoms with E-state index in [0.717, 1.165) is 18.5 Å². The molecule has 0 saturated heterocycles. The van der Waals surface area contributed by atoms with E-state index in [4.69, 9.17) is 4.74 Å². The van der Waals surface area contributed by atoms with Crippen LogP contribution in [0.1, 0.15) is 34.8 Å². The van der Waals surface area contributed by atoms with Crippen molar-refractivity contribution in [2.45, 2.75) is 25.3 Å². The Kier molecular flexibility index (Phi) is 4.41. The lowest BCUT2D eigenvalue weighted by molar-refractivity contribution is 0.0948. The highest BCUT2D eigenvalue weighted by Crippen LogP contribution is 2.38. The number of rotatable bonds is 6. The minimum atomic E-state index is -0.228. The van der Waals surface area contributed by atoms with Gasteiger partial charge in [0.2, 0.25) is 0 Å². The Balaban J connectivity index is 1.62. The highest BCUT2D eigenvalue weighted by atomic mass is 16.5. The second kappa shape index (κ2) is 6.64. The van der Waals surface area contributed by atoms with Crippen molar-refractivity contribution in [3.63, 3.8) is 0 Å². The van der Waals surface area contributed by atoms with Gasteiger partial charge in [0.05, 0.1) is 24.9 Å². The molecule has 1 N–H and O–H groups in total. The van der Waals surface area contributed by atoms with Crippen LogP contribution < -0.4 is 15.6 Å². The molecular formula is C17H19N3O3. The third-order valence-corrected chi connectivity index (χ3v) is 3.84. The van der Waals surface area contributed by atoms with Crippen LogP contribution >= 0.6 is 0 Å². The molecule has 2 aromatic rings. The Morgan fingerprint density at radius 1 is 1.30 bits per heavy atom. The molecule has 0 aliphatic heterocycles. The molecule has 1 aromatic carbocycles. The van der Waals surface area contributed by atoms with E-state index < -0.39 is 0 Å². The predicted octanol–water partition coefficient (Wildman–Crippen LogP) is 1.56. The molecule has 1 aliphatic carbocycles. The Hall–Kier alpha value is -2.63. The molecule has 6 heteroatoms. The number of aromatic nitrogens is 2. The second-order valence-electron chi connectivity index (χ2n) is 5.55. The maximum absolute atomic E-state index is 12.2. The average Bonchev–Trinajstić information content (AvgIpc) is 3.41. The maximum Gasteiger partial charge on any atom is 0.266 e. The van der Waals surface area contributed by atoms with Crippen LogP contribution in [0.5, 0.6) is 5.75 Å². The molecule has 0 unspecified atom stereocenters. The van der Waals surface area contributed by atoms with Crippen molar-refractivity contribution in [3.8, 4) is 5.75 Å². The van der Waals surface area contributed by atoms with Gasteiger partial charge in [-0.1, -0.05) is 12.1 Å². The van der Waals surface area contributed by atoms with E-state index in [1.54, 1.807) is 30.3 Å². The number of hydrogen-bond acceptors (Lipinski definition) is 4. The van der Waals surface area contributed by atoms with Crippen LogP contribution in [0.4, 0.5) is 0 Å². The zero-order valence-electron chi connectivity index (χ0n) is 13.0. The van der Waals surface area contributed by atoms with E-state index in [0.29, 0.717) is 30.3 Å². The third kappa shape index (κ3) is 3.59. The normalized spacial score (nSPS) is 13.6. The van der Waals surface area contributed by atoms with E-state index in [2.05, 4.69) is 10.4 Å². The summed E-state index contributed by atoms with van der Waals surface area (Å²) in [4.78, 5) is 24.0. The topological polar surface area (TPSA) is 73.2 Å². The fraction of sp³-hybridized carbons (Fsp3) is 0.353. The summed E-state index contributed by atoms with van der Waals surface area (Å²) in [6.07, 6.45) is 2.27. The molecule has 3 rings (SSSR count). The Bertz CT molecular complexity index is 766. The van der Waals surface area contributed by atoms with Gasteiger partial charge in [0.1, 0.15) is 5.75 Å². The van der Waals surface area contributed by atoms with Crippen molar-refractivity contribution in [1.29, 1.82) is 0 Å². The van der Waals surface area contributed by atoms with E-state index in [-0.39, 0.29) is 11.5 Å². The van der Waals surface area contributed by atoms with Gasteiger partial charge >= 0.3 is 0 Å². The standard InChI is InChI=1S/C17H19N3O3/c1-23-15-5-3-2-4-13(15)17(22)18-10-11-20-16(21)9-8-14(19-20)12-6-7-12/h2-5,8-9,12H,6-7,10-11H2,1H3,(H,18,22). The monoisotopic (exact) mass is 313 g/mol. The van der Waals surface area contributed by atoms with Crippen molar-refractivity contribution in [2.24, 2.45) is 0 Å². The highest BCUT2D eigenvalue weighted by molar-refractivity contribution is 5.96. The molecule has 1 aliphatic rings. The Labute approximate surface area is 134 Å². The summed E-state index contributed by atoms with van der Waals surface area (Å²) in [5, 5.41) is 7.16. The number of nitrogens with zero attached hydrogens (tertiary/aromatic N) is 2. The summed E-state index contributed by atoms with van der Waals surface area (Å²) in [7, 11) is 1.53. The smallest absolute Gasteiger partial charge is 0.266 e. The van der Waals surface area contributed by atoms with Crippen LogP contribution in [0.15, 0.2) is 41.2 Å². The number of benzene rings is 1. The van der Waals surface area contributed by atoms with E-state index in [1.807, 2.05) is 6.07 Å². The first kappa shape index (κ1) is 15.3. The van der Waals surface area contributed by atoms with Gasteiger partial charge in [0.15, 0.2) is 0 Å². The van der Waals surface area contributed by atoms with E-state index in [1.165, 1.54) is 11.8 Å². The molecule has 1 heterocycles. The first-order valence-electron chi connectivity index (χ1n) is 7.68. The van der Waals surface area contributed by atoms with Gasteiger partial charge in [-0.3, -0.25) is 9.59 Å². The number of para-hydroxylation sites is 1. The second-order valence-corrected chi connectivity index (χ2v) is 5.55. The summed E-state index contributed by atoms with van der Waals surface area (Å²) in [6.45, 7) is 0.679. The summed E-state index contributed by atoms with van der Waals surface area (Å²) in [5.41, 5.74) is 1.28. The van der Waals surface area contributed by atoms with Crippen LogP contribution in [0.3, 0.4) is 0 Å². The first-order valence-corrected chi connectivity index (χ1v) is 7.68. The quantitative estimate of drug-likeness (QED) is 0.878. The first-order chi connectivity index (χ1) is 11.2. The minimum absolute atomic E-state index is 0.152. The van der Waals surface area contributed by atoms with Crippen molar-refractivity contribution < 1.29 is 9.53 Å². The zero-order chi connectivity index (χ0) is 16.2. The molecule has 6 nitrogen and oxygen atoms in total. The third-order valence-electron chi connectivity index (χ3n) is 3.84. The molecule has 120 valence electrons. The highest BCUT2D eigenvalue weighted by Gasteiger charge is 2.25. The van der Waals surface area contributed by atoms with E-state index >= 15 is 0 Å². The van der Waals surface area contributed by atoms with Crippen molar-refractivity contribution in [3.05, 3.63) is 58.0 Å². The number of carbonyl (C=O) groups is 1. The van der Waals surface area contributed by atoms with Crippen LogP contribution in [0.25, 0.3) is 0 Å². The lowest BCUT2D eigenvalue weighted by Crippen LogP contribution is -2.32. The zero-order valence-corrected chi connectivity index (χ0v) is 13.0. The number of hydrogen-bond donors (Lipinski definition) is 1. The molecule has 0 radical (unpaired) electrons. The average molecular weight is 313 g/mol. The molecule has 1 fully saturated rings. The van der Waals surface area contributed by atoms with Gasteiger partial charge in [-0.25, -0.2) is 4.68 Å². The van der Waals surface area contributed by atoms with Crippen molar-refractivity contribution >= 4 is 5.91 Å². The fourth-order valence-electron chi connectivity index (χ4n) is 2.42. The van der Waals surface area contributed by atoms with Gasteiger partial charge in [-0.2, -0.15) is 5.10 Å². The number of ether oxygens (including phenoxy) is 1. The molecule has 1 amide bonds. The Morgan fingerprint density at radius 2 is 2.09 bits per heavy atom.